The lowest BCUT2D eigenvalue weighted by molar-refractivity contribution is 0.239. The molecule has 23 heavy (non-hydrogen) atoms. The molecule has 0 spiro atoms. The zero-order chi connectivity index (χ0) is 16.6. The quantitative estimate of drug-likeness (QED) is 0.927. The Bertz CT molecular complexity index is 771. The lowest BCUT2D eigenvalue weighted by Gasteiger charge is -2.29. The summed E-state index contributed by atoms with van der Waals surface area (Å²) in [7, 11) is 0. The van der Waals surface area contributed by atoms with Gasteiger partial charge in [0.25, 0.3) is 5.56 Å². The van der Waals surface area contributed by atoms with Crippen LogP contribution in [0.4, 0.5) is 0 Å². The van der Waals surface area contributed by atoms with E-state index < -0.39 is 0 Å². The summed E-state index contributed by atoms with van der Waals surface area (Å²) in [4.78, 5) is 22.4. The minimum atomic E-state index is -0.146. The summed E-state index contributed by atoms with van der Waals surface area (Å²) in [5.74, 6) is 0.777. The number of rotatable bonds is 2. The second-order valence-electron chi connectivity index (χ2n) is 7.48. The largest absolute Gasteiger partial charge is 0.310 e. The first-order chi connectivity index (χ1) is 10.8. The molecular formula is C19H25N3O. The third kappa shape index (κ3) is 3.37. The van der Waals surface area contributed by atoms with E-state index in [4.69, 9.17) is 4.98 Å². The number of aryl methyl sites for hydroxylation is 1. The van der Waals surface area contributed by atoms with Gasteiger partial charge in [-0.05, 0) is 24.5 Å². The molecule has 0 bridgehead atoms. The number of benzene rings is 1. The lowest BCUT2D eigenvalue weighted by Crippen LogP contribution is -2.36. The van der Waals surface area contributed by atoms with Gasteiger partial charge < -0.3 is 4.98 Å². The standard InChI is InChI=1S/C19H25N3O/c1-13-7-5-6-8-14(13)11-22-10-9-15-16(12-22)20-18(19(2,3)4)21-17(15)23/h5-8H,9-12H2,1-4H3,(H,20,21,23). The van der Waals surface area contributed by atoms with Gasteiger partial charge in [-0.15, -0.1) is 0 Å². The number of nitrogens with zero attached hydrogens (tertiary/aromatic N) is 2. The highest BCUT2D eigenvalue weighted by Gasteiger charge is 2.24. The van der Waals surface area contributed by atoms with Gasteiger partial charge in [-0.25, -0.2) is 4.98 Å². The van der Waals surface area contributed by atoms with Gasteiger partial charge in [0.2, 0.25) is 0 Å². The highest BCUT2D eigenvalue weighted by molar-refractivity contribution is 5.27. The van der Waals surface area contributed by atoms with Crippen LogP contribution >= 0.6 is 0 Å². The molecule has 3 rings (SSSR count). The smallest absolute Gasteiger partial charge is 0.254 e. The molecule has 0 saturated carbocycles. The fourth-order valence-corrected chi connectivity index (χ4v) is 3.01. The van der Waals surface area contributed by atoms with Gasteiger partial charge in [0.1, 0.15) is 5.82 Å². The zero-order valence-corrected chi connectivity index (χ0v) is 14.4. The number of hydrogen-bond donors (Lipinski definition) is 1. The van der Waals surface area contributed by atoms with Crippen LogP contribution in [0.1, 0.15) is 49.0 Å². The maximum absolute atomic E-state index is 12.3. The molecule has 2 aromatic rings. The van der Waals surface area contributed by atoms with Crippen LogP contribution in [0, 0.1) is 6.92 Å². The minimum Gasteiger partial charge on any atom is -0.310 e. The van der Waals surface area contributed by atoms with E-state index in [-0.39, 0.29) is 11.0 Å². The average Bonchev–Trinajstić information content (AvgIpc) is 2.48. The van der Waals surface area contributed by atoms with Crippen LogP contribution in [0.2, 0.25) is 0 Å². The Morgan fingerprint density at radius 1 is 1.26 bits per heavy atom. The summed E-state index contributed by atoms with van der Waals surface area (Å²) in [5, 5.41) is 0. The van der Waals surface area contributed by atoms with Gasteiger partial charge in [-0.2, -0.15) is 0 Å². The maximum Gasteiger partial charge on any atom is 0.254 e. The van der Waals surface area contributed by atoms with Crippen LogP contribution < -0.4 is 5.56 Å². The van der Waals surface area contributed by atoms with Crippen molar-refractivity contribution < 1.29 is 0 Å². The molecule has 1 aromatic heterocycles. The van der Waals surface area contributed by atoms with E-state index in [2.05, 4.69) is 61.8 Å². The highest BCUT2D eigenvalue weighted by atomic mass is 16.1. The van der Waals surface area contributed by atoms with E-state index >= 15 is 0 Å². The number of hydrogen-bond acceptors (Lipinski definition) is 3. The molecular weight excluding hydrogens is 286 g/mol. The summed E-state index contributed by atoms with van der Waals surface area (Å²) in [6, 6.07) is 8.48. The van der Waals surface area contributed by atoms with E-state index in [9.17, 15) is 4.79 Å². The summed E-state index contributed by atoms with van der Waals surface area (Å²) >= 11 is 0. The molecule has 1 aromatic carbocycles. The van der Waals surface area contributed by atoms with Crippen molar-refractivity contribution in [2.24, 2.45) is 0 Å². The summed E-state index contributed by atoms with van der Waals surface area (Å²) in [6.07, 6.45) is 0.772. The Labute approximate surface area is 137 Å². The number of aromatic nitrogens is 2. The highest BCUT2D eigenvalue weighted by Crippen LogP contribution is 2.22. The molecule has 0 atom stereocenters. The minimum absolute atomic E-state index is 0.0375. The molecule has 0 unspecified atom stereocenters. The normalized spacial score (nSPS) is 15.5. The molecule has 0 saturated heterocycles. The van der Waals surface area contributed by atoms with Crippen LogP contribution in [-0.2, 0) is 24.9 Å². The van der Waals surface area contributed by atoms with Gasteiger partial charge in [-0.1, -0.05) is 45.0 Å². The van der Waals surface area contributed by atoms with E-state index in [0.717, 1.165) is 43.1 Å². The fourth-order valence-electron chi connectivity index (χ4n) is 3.01. The Hall–Kier alpha value is -1.94. The Morgan fingerprint density at radius 3 is 2.70 bits per heavy atom. The molecule has 0 aliphatic carbocycles. The van der Waals surface area contributed by atoms with Crippen LogP contribution in [0.15, 0.2) is 29.1 Å². The maximum atomic E-state index is 12.3. The van der Waals surface area contributed by atoms with Crippen molar-refractivity contribution in [2.45, 2.75) is 52.6 Å². The summed E-state index contributed by atoms with van der Waals surface area (Å²) in [6.45, 7) is 10.9. The Kier molecular flexibility index (Phi) is 4.11. The number of fused-ring (bicyclic) bond motifs is 1. The molecule has 4 nitrogen and oxygen atoms in total. The first-order valence-corrected chi connectivity index (χ1v) is 8.24. The predicted octanol–water partition coefficient (Wildman–Crippen LogP) is 2.93. The first kappa shape index (κ1) is 15.9. The molecule has 2 heterocycles. The third-order valence-electron chi connectivity index (χ3n) is 4.52. The lowest BCUT2D eigenvalue weighted by atomic mass is 9.95. The van der Waals surface area contributed by atoms with E-state index in [0.29, 0.717) is 0 Å². The fraction of sp³-hybridized carbons (Fsp3) is 0.474. The third-order valence-corrected chi connectivity index (χ3v) is 4.52. The predicted molar refractivity (Wildman–Crippen MR) is 92.6 cm³/mol. The van der Waals surface area contributed by atoms with Crippen molar-refractivity contribution in [3.63, 3.8) is 0 Å². The van der Waals surface area contributed by atoms with E-state index in [1.54, 1.807) is 0 Å². The van der Waals surface area contributed by atoms with Gasteiger partial charge in [0.05, 0.1) is 5.69 Å². The Morgan fingerprint density at radius 2 is 2.00 bits per heavy atom. The van der Waals surface area contributed by atoms with Crippen molar-refractivity contribution in [3.8, 4) is 0 Å². The summed E-state index contributed by atoms with van der Waals surface area (Å²) in [5.41, 5.74) is 4.35. The molecule has 1 aliphatic rings. The average molecular weight is 311 g/mol. The topological polar surface area (TPSA) is 49.0 Å². The van der Waals surface area contributed by atoms with E-state index in [1.807, 2.05) is 0 Å². The first-order valence-electron chi connectivity index (χ1n) is 8.24. The van der Waals surface area contributed by atoms with Gasteiger partial charge >= 0.3 is 0 Å². The monoisotopic (exact) mass is 311 g/mol. The zero-order valence-electron chi connectivity index (χ0n) is 14.4. The van der Waals surface area contributed by atoms with Crippen molar-refractivity contribution in [1.82, 2.24) is 14.9 Å². The van der Waals surface area contributed by atoms with Crippen LogP contribution in [0.5, 0.6) is 0 Å². The second kappa shape index (κ2) is 5.93. The molecule has 1 N–H and O–H groups in total. The van der Waals surface area contributed by atoms with Crippen LogP contribution in [-0.4, -0.2) is 21.4 Å². The SMILES string of the molecule is Cc1ccccc1CN1CCc2c(nc(C(C)(C)C)[nH]c2=O)C1. The van der Waals surface area contributed by atoms with Gasteiger partial charge in [0.15, 0.2) is 0 Å². The molecule has 0 amide bonds. The van der Waals surface area contributed by atoms with Gasteiger partial charge in [0, 0.05) is 30.6 Å². The molecule has 0 radical (unpaired) electrons. The molecule has 1 aliphatic heterocycles. The molecule has 122 valence electrons. The number of H-pyrrole nitrogens is 1. The molecule has 0 fully saturated rings. The summed E-state index contributed by atoms with van der Waals surface area (Å²) < 4.78 is 0. The Balaban J connectivity index is 1.87. The number of aromatic amines is 1. The van der Waals surface area contributed by atoms with Crippen LogP contribution in [0.3, 0.4) is 0 Å². The second-order valence-corrected chi connectivity index (χ2v) is 7.48. The number of nitrogens with one attached hydrogen (secondary N) is 1. The van der Waals surface area contributed by atoms with Crippen molar-refractivity contribution in [1.29, 1.82) is 0 Å². The van der Waals surface area contributed by atoms with E-state index in [1.165, 1.54) is 11.1 Å². The van der Waals surface area contributed by atoms with Crippen LogP contribution in [0.25, 0.3) is 0 Å². The molecule has 4 heteroatoms. The van der Waals surface area contributed by atoms with Crippen molar-refractivity contribution in [2.75, 3.05) is 6.54 Å². The van der Waals surface area contributed by atoms with Crippen molar-refractivity contribution >= 4 is 0 Å². The van der Waals surface area contributed by atoms with Crippen molar-refractivity contribution in [3.05, 3.63) is 62.8 Å². The van der Waals surface area contributed by atoms with Gasteiger partial charge in [-0.3, -0.25) is 9.69 Å².